The normalized spacial score (nSPS) is 14.0. The van der Waals surface area contributed by atoms with Gasteiger partial charge in [0, 0.05) is 0 Å². The van der Waals surface area contributed by atoms with Crippen molar-refractivity contribution in [3.8, 4) is 0 Å². The molecule has 0 unspecified atom stereocenters. The summed E-state index contributed by atoms with van der Waals surface area (Å²) in [5.74, 6) is 0. The van der Waals surface area contributed by atoms with Crippen molar-refractivity contribution in [3.63, 3.8) is 0 Å². The Morgan fingerprint density at radius 1 is 0.205 bits per heavy atom. The molecule has 0 aromatic heterocycles. The van der Waals surface area contributed by atoms with E-state index in [1.165, 1.54) is 44.5 Å². The highest BCUT2D eigenvalue weighted by Gasteiger charge is 2.05. The molecule has 0 heterocycles. The van der Waals surface area contributed by atoms with E-state index in [2.05, 4.69) is 175 Å². The fourth-order valence-electron chi connectivity index (χ4n) is 5.58. The van der Waals surface area contributed by atoms with E-state index in [-0.39, 0.29) is 0 Å². The largest absolute Gasteiger partial charge is 0.113 e. The first-order valence-corrected chi connectivity index (χ1v) is 15.3. The van der Waals surface area contributed by atoms with Gasteiger partial charge in [-0.1, -0.05) is 97.1 Å². The third kappa shape index (κ3) is 6.94. The van der Waals surface area contributed by atoms with Gasteiger partial charge in [-0.3, -0.25) is 0 Å². The summed E-state index contributed by atoms with van der Waals surface area (Å²) in [7, 11) is 0. The standard InChI is InChI=1S/C44H40/c1-29-25-30(2)38-13-15-40(16-14-38)33(5)27-34(6)42-21-23-44(24-22-42)36(8)28-35(7)43-19-17-41(18-20-43)32(4)26-31(3)39-11-9-37(29)10-12-39/h9-24H,1-8H3. The van der Waals surface area contributed by atoms with Crippen molar-refractivity contribution in [3.05, 3.63) is 164 Å². The summed E-state index contributed by atoms with van der Waals surface area (Å²) >= 11 is 0. The van der Waals surface area contributed by atoms with Crippen molar-refractivity contribution in [1.82, 2.24) is 0 Å². The van der Waals surface area contributed by atoms with Crippen LogP contribution in [-0.4, -0.2) is 0 Å². The topological polar surface area (TPSA) is 0 Å². The van der Waals surface area contributed by atoms with E-state index in [1.54, 1.807) is 0 Å². The van der Waals surface area contributed by atoms with Crippen LogP contribution < -0.4 is 0 Å². The Kier molecular flexibility index (Phi) is 9.04. The van der Waals surface area contributed by atoms with Gasteiger partial charge < -0.3 is 0 Å². The molecule has 4 aromatic rings. The zero-order valence-corrected chi connectivity index (χ0v) is 27.2. The zero-order valence-electron chi connectivity index (χ0n) is 27.2. The molecule has 0 radical (unpaired) electrons. The molecule has 0 spiro atoms. The van der Waals surface area contributed by atoms with Crippen LogP contribution in [0.5, 0.6) is 0 Å². The van der Waals surface area contributed by atoms with Gasteiger partial charge in [0.25, 0.3) is 0 Å². The minimum Gasteiger partial charge on any atom is -0.113 e. The molecule has 8 bridgehead atoms. The fraction of sp³-hybridized carbons (Fsp3) is 0.182. The third-order valence-corrected chi connectivity index (χ3v) is 8.50. The highest BCUT2D eigenvalue weighted by atomic mass is 14.1. The van der Waals surface area contributed by atoms with Crippen molar-refractivity contribution in [2.24, 2.45) is 0 Å². The summed E-state index contributed by atoms with van der Waals surface area (Å²) in [4.78, 5) is 0. The first kappa shape index (κ1) is 30.4. The summed E-state index contributed by atoms with van der Waals surface area (Å²) in [6.07, 6.45) is 0. The minimum absolute atomic E-state index is 1.12. The van der Waals surface area contributed by atoms with Gasteiger partial charge in [0.2, 0.25) is 0 Å². The molecular formula is C44H40. The predicted molar refractivity (Wildman–Crippen MR) is 192 cm³/mol. The molecule has 0 fully saturated rings. The summed E-state index contributed by atoms with van der Waals surface area (Å²) < 4.78 is 0. The van der Waals surface area contributed by atoms with Crippen LogP contribution in [0, 0.1) is 0 Å². The maximum atomic E-state index is 3.61. The molecule has 0 amide bonds. The average molecular weight is 569 g/mol. The van der Waals surface area contributed by atoms with Crippen molar-refractivity contribution in [2.45, 2.75) is 55.4 Å². The lowest BCUT2D eigenvalue weighted by Gasteiger charge is -2.07. The second-order valence-electron chi connectivity index (χ2n) is 11.8. The summed E-state index contributed by atoms with van der Waals surface area (Å²) in [6.45, 7) is 17.0. The molecule has 11 rings (SSSR count). The van der Waals surface area contributed by atoms with E-state index in [9.17, 15) is 0 Å². The molecule has 44 heavy (non-hydrogen) atoms. The Hall–Kier alpha value is -5.04. The number of benzene rings is 4. The van der Waals surface area contributed by atoms with Crippen LogP contribution in [0.2, 0.25) is 0 Å². The smallest absolute Gasteiger partial charge is 0.00160 e. The van der Waals surface area contributed by atoms with Gasteiger partial charge in [0.05, 0.1) is 0 Å². The molecule has 0 saturated carbocycles. The number of hydrogen-bond donors (Lipinski definition) is 0. The van der Waals surface area contributed by atoms with Crippen LogP contribution >= 0.6 is 0 Å². The van der Waals surface area contributed by atoms with Crippen molar-refractivity contribution in [2.75, 3.05) is 0 Å². The van der Waals surface area contributed by atoms with Gasteiger partial charge in [-0.05, 0) is 144 Å². The Balaban J connectivity index is 1.65. The zero-order chi connectivity index (χ0) is 31.4. The van der Waals surface area contributed by atoms with Gasteiger partial charge in [-0.25, -0.2) is 0 Å². The first-order chi connectivity index (χ1) is 21.1. The molecule has 7 aliphatic rings. The molecule has 0 heteroatoms. The molecule has 0 aliphatic heterocycles. The average Bonchev–Trinajstić information content (AvgIpc) is 3.04. The molecule has 0 nitrogen and oxygen atoms in total. The molecule has 4 aromatic carbocycles. The quantitative estimate of drug-likeness (QED) is 0.185. The maximum absolute atomic E-state index is 3.61. The van der Waals surface area contributed by atoms with E-state index in [0.717, 1.165) is 44.6 Å². The molecule has 7 aliphatic carbocycles. The van der Waals surface area contributed by atoms with E-state index in [0.29, 0.717) is 0 Å². The molecular weight excluding hydrogens is 528 g/mol. The van der Waals surface area contributed by atoms with Crippen molar-refractivity contribution >= 4 is 44.6 Å². The number of hydrogen-bond acceptors (Lipinski definition) is 0. The van der Waals surface area contributed by atoms with Gasteiger partial charge in [0.15, 0.2) is 0 Å². The van der Waals surface area contributed by atoms with Crippen LogP contribution in [0.15, 0.2) is 120 Å². The number of allylic oxidation sites excluding steroid dienone is 4. The van der Waals surface area contributed by atoms with Crippen molar-refractivity contribution in [1.29, 1.82) is 0 Å². The van der Waals surface area contributed by atoms with E-state index in [4.69, 9.17) is 0 Å². The molecule has 0 saturated heterocycles. The lowest BCUT2D eigenvalue weighted by Crippen LogP contribution is -1.86. The van der Waals surface area contributed by atoms with Crippen LogP contribution in [0.4, 0.5) is 0 Å². The second-order valence-corrected chi connectivity index (χ2v) is 11.8. The maximum Gasteiger partial charge on any atom is -0.00160 e. The van der Waals surface area contributed by atoms with Crippen LogP contribution in [-0.2, 0) is 0 Å². The lowest BCUT2D eigenvalue weighted by molar-refractivity contribution is 1.49. The van der Waals surface area contributed by atoms with E-state index >= 15 is 0 Å². The third-order valence-electron chi connectivity index (χ3n) is 8.50. The molecule has 216 valence electrons. The Morgan fingerprint density at radius 3 is 0.386 bits per heavy atom. The Morgan fingerprint density at radius 2 is 0.295 bits per heavy atom. The molecule has 0 N–H and O–H groups in total. The van der Waals surface area contributed by atoms with Gasteiger partial charge in [-0.2, -0.15) is 0 Å². The molecule has 0 atom stereocenters. The fourth-order valence-corrected chi connectivity index (χ4v) is 5.58. The van der Waals surface area contributed by atoms with E-state index in [1.807, 2.05) is 0 Å². The highest BCUT2D eigenvalue weighted by Crippen LogP contribution is 2.26. The SMILES string of the molecule is CC1=C=C(C)c2ccc(cc2)C(C)=C=C(C)c2ccc(cc2)C(C)=C=C(C)c2ccc(cc2)C(C)=C=C(C)c2ccc1cc2. The van der Waals surface area contributed by atoms with Crippen LogP contribution in [0.3, 0.4) is 0 Å². The Labute approximate surface area is 263 Å². The second kappa shape index (κ2) is 13.1. The van der Waals surface area contributed by atoms with Gasteiger partial charge >= 0.3 is 0 Å². The first-order valence-electron chi connectivity index (χ1n) is 15.3. The van der Waals surface area contributed by atoms with Gasteiger partial charge in [0.1, 0.15) is 0 Å². The summed E-state index contributed by atoms with van der Waals surface area (Å²) in [6, 6.07) is 34.9. The predicted octanol–water partition coefficient (Wildman–Crippen LogP) is 12.4. The van der Waals surface area contributed by atoms with Crippen LogP contribution in [0.25, 0.3) is 44.6 Å². The highest BCUT2D eigenvalue weighted by molar-refractivity contribution is 5.80. The minimum atomic E-state index is 1.12. The van der Waals surface area contributed by atoms with Crippen molar-refractivity contribution < 1.29 is 0 Å². The van der Waals surface area contributed by atoms with E-state index < -0.39 is 0 Å². The van der Waals surface area contributed by atoms with Gasteiger partial charge in [-0.15, -0.1) is 22.9 Å². The summed E-state index contributed by atoms with van der Waals surface area (Å²) in [5.41, 5.74) is 32.8. The van der Waals surface area contributed by atoms with Crippen LogP contribution in [0.1, 0.15) is 99.9 Å². The Bertz CT molecular complexity index is 1550. The summed E-state index contributed by atoms with van der Waals surface area (Å²) in [5, 5.41) is 0. The number of rotatable bonds is 0. The monoisotopic (exact) mass is 568 g/mol. The lowest BCUT2D eigenvalue weighted by atomic mass is 9.97.